The van der Waals surface area contributed by atoms with Gasteiger partial charge in [-0.2, -0.15) is 0 Å². The molecule has 3 rings (SSSR count). The average molecular weight is 420 g/mol. The number of likely N-dealkylation sites (N-methyl/N-ethyl adjacent to an activating group) is 1. The number of ether oxygens (including phenoxy) is 1. The number of nitrogens with zero attached hydrogens (tertiary/aromatic N) is 2. The number of rotatable bonds is 5. The van der Waals surface area contributed by atoms with Gasteiger partial charge in [-0.25, -0.2) is 4.79 Å². The van der Waals surface area contributed by atoms with Crippen LogP contribution in [0.3, 0.4) is 0 Å². The number of benzene rings is 1. The highest BCUT2D eigenvalue weighted by atomic mass is 35.5. The lowest BCUT2D eigenvalue weighted by Gasteiger charge is -2.53. The number of halogens is 1. The van der Waals surface area contributed by atoms with Gasteiger partial charge >= 0.3 is 6.09 Å². The number of allylic oxidation sites excluding steroid dienone is 2. The Morgan fingerprint density at radius 3 is 2.59 bits per heavy atom. The Morgan fingerprint density at radius 1 is 1.28 bits per heavy atom. The largest absolute Gasteiger partial charge is 0.496 e. The molecule has 0 aromatic heterocycles. The maximum absolute atomic E-state index is 12.6. The minimum Gasteiger partial charge on any atom is -0.496 e. The molecule has 1 aromatic carbocycles. The number of carboxylic acid groups (broad SMARTS) is 1. The van der Waals surface area contributed by atoms with Crippen molar-refractivity contribution in [3.05, 3.63) is 53.1 Å². The van der Waals surface area contributed by atoms with E-state index in [1.54, 1.807) is 20.2 Å². The van der Waals surface area contributed by atoms with Crippen molar-refractivity contribution in [1.29, 1.82) is 0 Å². The Labute approximate surface area is 175 Å². The van der Waals surface area contributed by atoms with E-state index in [-0.39, 0.29) is 18.9 Å². The van der Waals surface area contributed by atoms with Crippen LogP contribution in [0.1, 0.15) is 18.9 Å². The molecule has 2 unspecified atom stereocenters. The van der Waals surface area contributed by atoms with Crippen LogP contribution < -0.4 is 10.1 Å². The highest BCUT2D eigenvalue weighted by molar-refractivity contribution is 6.30. The van der Waals surface area contributed by atoms with Crippen molar-refractivity contribution in [2.45, 2.75) is 24.5 Å². The number of methoxy groups -OCH3 is 1. The third-order valence-electron chi connectivity index (χ3n) is 5.94. The molecule has 1 aromatic rings. The molecular weight excluding hydrogens is 394 g/mol. The summed E-state index contributed by atoms with van der Waals surface area (Å²) in [6.07, 6.45) is 7.58. The number of piperazine rings is 1. The normalized spacial score (nSPS) is 27.1. The van der Waals surface area contributed by atoms with Gasteiger partial charge in [0.1, 0.15) is 5.75 Å². The highest BCUT2D eigenvalue weighted by Gasteiger charge is 2.52. The Kier molecular flexibility index (Phi) is 6.03. The molecule has 156 valence electrons. The zero-order valence-electron chi connectivity index (χ0n) is 16.8. The van der Waals surface area contributed by atoms with Gasteiger partial charge in [0.15, 0.2) is 11.4 Å². The standard InChI is InChI=1S/C21H26ClN3O4/c1-15(26)21(23-2)14-24(11-12-25(21)19(27)28)20(9-5-4-6-10-20)17-13-16(22)7-8-18(17)29-3/h4-9,13,23H,10-12,14H2,1-3H3,(H,27,28). The van der Waals surface area contributed by atoms with Crippen molar-refractivity contribution >= 4 is 23.5 Å². The predicted octanol–water partition coefficient (Wildman–Crippen LogP) is 2.86. The van der Waals surface area contributed by atoms with E-state index in [1.165, 1.54) is 11.8 Å². The Bertz CT molecular complexity index is 871. The third-order valence-corrected chi connectivity index (χ3v) is 6.18. The van der Waals surface area contributed by atoms with E-state index in [0.717, 1.165) is 5.56 Å². The summed E-state index contributed by atoms with van der Waals surface area (Å²) in [5, 5.41) is 13.3. The molecule has 1 saturated heterocycles. The van der Waals surface area contributed by atoms with Crippen LogP contribution in [-0.4, -0.2) is 66.2 Å². The molecule has 1 heterocycles. The van der Waals surface area contributed by atoms with Crippen LogP contribution in [0.5, 0.6) is 5.75 Å². The molecule has 2 N–H and O–H groups in total. The van der Waals surface area contributed by atoms with E-state index in [9.17, 15) is 14.7 Å². The number of carbonyl (C=O) groups excluding carboxylic acids is 1. The smallest absolute Gasteiger partial charge is 0.409 e. The summed E-state index contributed by atoms with van der Waals surface area (Å²) in [5.74, 6) is 0.434. The number of ketones is 1. The molecule has 1 aliphatic heterocycles. The number of amides is 1. The molecule has 7 nitrogen and oxygen atoms in total. The summed E-state index contributed by atoms with van der Waals surface area (Å²) < 4.78 is 5.62. The quantitative estimate of drug-likeness (QED) is 0.763. The zero-order chi connectivity index (χ0) is 21.2. The summed E-state index contributed by atoms with van der Waals surface area (Å²) >= 11 is 6.32. The SMILES string of the molecule is CNC1(C(C)=O)CN(C2(c3cc(Cl)ccc3OC)C=CC=CC2)CCN1C(=O)O. The molecule has 1 amide bonds. The van der Waals surface area contributed by atoms with Crippen LogP contribution in [0.2, 0.25) is 5.02 Å². The Hall–Kier alpha value is -2.35. The maximum atomic E-state index is 12.6. The molecule has 1 fully saturated rings. The second-order valence-electron chi connectivity index (χ2n) is 7.28. The van der Waals surface area contributed by atoms with Crippen LogP contribution in [0.25, 0.3) is 0 Å². The van der Waals surface area contributed by atoms with Crippen molar-refractivity contribution in [2.24, 2.45) is 0 Å². The molecule has 29 heavy (non-hydrogen) atoms. The number of hydrogen-bond donors (Lipinski definition) is 2. The fourth-order valence-electron chi connectivity index (χ4n) is 4.38. The topological polar surface area (TPSA) is 82.1 Å². The van der Waals surface area contributed by atoms with E-state index in [4.69, 9.17) is 16.3 Å². The average Bonchev–Trinajstić information content (AvgIpc) is 2.73. The molecule has 0 saturated carbocycles. The van der Waals surface area contributed by atoms with E-state index in [1.807, 2.05) is 24.3 Å². The number of nitrogens with one attached hydrogen (secondary N) is 1. The van der Waals surface area contributed by atoms with Crippen LogP contribution in [0.4, 0.5) is 4.79 Å². The fraction of sp³-hybridized carbons (Fsp3) is 0.429. The minimum absolute atomic E-state index is 0.192. The third kappa shape index (κ3) is 3.54. The zero-order valence-corrected chi connectivity index (χ0v) is 17.6. The van der Waals surface area contributed by atoms with Crippen molar-refractivity contribution in [1.82, 2.24) is 15.1 Å². The van der Waals surface area contributed by atoms with E-state index in [2.05, 4.69) is 22.4 Å². The van der Waals surface area contributed by atoms with Crippen molar-refractivity contribution in [3.63, 3.8) is 0 Å². The molecule has 0 bridgehead atoms. The van der Waals surface area contributed by atoms with Crippen molar-refractivity contribution in [3.8, 4) is 5.75 Å². The Balaban J connectivity index is 2.13. The summed E-state index contributed by atoms with van der Waals surface area (Å²) in [6.45, 7) is 2.26. The second-order valence-corrected chi connectivity index (χ2v) is 7.72. The summed E-state index contributed by atoms with van der Waals surface area (Å²) in [4.78, 5) is 27.8. The summed E-state index contributed by atoms with van der Waals surface area (Å²) in [6, 6.07) is 5.48. The van der Waals surface area contributed by atoms with Gasteiger partial charge in [0.25, 0.3) is 0 Å². The van der Waals surface area contributed by atoms with Gasteiger partial charge in [0.2, 0.25) is 0 Å². The highest BCUT2D eigenvalue weighted by Crippen LogP contribution is 2.44. The number of Topliss-reactive ketones (excluding diaryl/α,β-unsaturated/α-hetero) is 1. The van der Waals surface area contributed by atoms with Crippen molar-refractivity contribution < 1.29 is 19.4 Å². The van der Waals surface area contributed by atoms with Crippen LogP contribution >= 0.6 is 11.6 Å². The molecule has 8 heteroatoms. The van der Waals surface area contributed by atoms with E-state index in [0.29, 0.717) is 23.7 Å². The molecular formula is C21H26ClN3O4. The van der Waals surface area contributed by atoms with E-state index < -0.39 is 17.3 Å². The number of carbonyl (C=O) groups is 2. The van der Waals surface area contributed by atoms with Crippen LogP contribution in [0.15, 0.2) is 42.5 Å². The summed E-state index contributed by atoms with van der Waals surface area (Å²) in [7, 11) is 3.22. The van der Waals surface area contributed by atoms with Gasteiger partial charge in [-0.1, -0.05) is 35.9 Å². The first-order chi connectivity index (χ1) is 13.8. The van der Waals surface area contributed by atoms with Crippen LogP contribution in [0, 0.1) is 0 Å². The minimum atomic E-state index is -1.34. The first kappa shape index (κ1) is 21.4. The Morgan fingerprint density at radius 2 is 2.03 bits per heavy atom. The molecule has 0 spiro atoms. The van der Waals surface area contributed by atoms with E-state index >= 15 is 0 Å². The van der Waals surface area contributed by atoms with Crippen molar-refractivity contribution in [2.75, 3.05) is 33.8 Å². The van der Waals surface area contributed by atoms with Gasteiger partial charge in [-0.15, -0.1) is 0 Å². The van der Waals surface area contributed by atoms with Gasteiger partial charge in [-0.05, 0) is 38.6 Å². The van der Waals surface area contributed by atoms with Gasteiger partial charge in [0, 0.05) is 30.2 Å². The van der Waals surface area contributed by atoms with Gasteiger partial charge in [-0.3, -0.25) is 19.9 Å². The molecule has 1 aliphatic carbocycles. The number of hydrogen-bond acceptors (Lipinski definition) is 5. The predicted molar refractivity (Wildman–Crippen MR) is 111 cm³/mol. The summed E-state index contributed by atoms with van der Waals surface area (Å²) in [5.41, 5.74) is -1.07. The molecule has 0 radical (unpaired) electrons. The second kappa shape index (κ2) is 8.18. The molecule has 2 aliphatic rings. The lowest BCUT2D eigenvalue weighted by atomic mass is 9.80. The first-order valence-electron chi connectivity index (χ1n) is 9.44. The maximum Gasteiger partial charge on any atom is 0.409 e. The lowest BCUT2D eigenvalue weighted by Crippen LogP contribution is -2.74. The first-order valence-corrected chi connectivity index (χ1v) is 9.82. The fourth-order valence-corrected chi connectivity index (χ4v) is 4.55. The van der Waals surface area contributed by atoms with Crippen LogP contribution in [-0.2, 0) is 10.3 Å². The lowest BCUT2D eigenvalue weighted by molar-refractivity contribution is -0.137. The monoisotopic (exact) mass is 419 g/mol. The molecule has 2 atom stereocenters. The van der Waals surface area contributed by atoms with Gasteiger partial charge < -0.3 is 9.84 Å². The van der Waals surface area contributed by atoms with Gasteiger partial charge in [0.05, 0.1) is 12.6 Å².